The zero-order valence-corrected chi connectivity index (χ0v) is 13.5. The van der Waals surface area contributed by atoms with Gasteiger partial charge in [0.1, 0.15) is 5.52 Å². The lowest BCUT2D eigenvalue weighted by atomic mass is 9.97. The fourth-order valence-corrected chi connectivity index (χ4v) is 3.36. The molecule has 1 amide bonds. The van der Waals surface area contributed by atoms with E-state index in [2.05, 4.69) is 54.0 Å². The van der Waals surface area contributed by atoms with Gasteiger partial charge in [-0.25, -0.2) is 4.98 Å². The van der Waals surface area contributed by atoms with E-state index in [1.54, 1.807) is 0 Å². The summed E-state index contributed by atoms with van der Waals surface area (Å²) in [7, 11) is 0. The van der Waals surface area contributed by atoms with E-state index in [0.717, 1.165) is 23.3 Å². The number of nitrogens with zero attached hydrogens (tertiary/aromatic N) is 2. The van der Waals surface area contributed by atoms with Gasteiger partial charge in [0.15, 0.2) is 0 Å². The SMILES string of the molecule is CC1(C)C=C(Cn2cnc3c(NC=O)cccc32)C(C)(C)N1. The molecule has 116 valence electrons. The molecule has 1 aliphatic rings. The Labute approximate surface area is 130 Å². The lowest BCUT2D eigenvalue weighted by molar-refractivity contribution is -0.105. The van der Waals surface area contributed by atoms with Crippen LogP contribution in [0.25, 0.3) is 11.0 Å². The second-order valence-electron chi connectivity index (χ2n) is 6.95. The van der Waals surface area contributed by atoms with E-state index in [9.17, 15) is 4.79 Å². The van der Waals surface area contributed by atoms with Crippen LogP contribution in [-0.4, -0.2) is 27.0 Å². The van der Waals surface area contributed by atoms with Gasteiger partial charge in [-0.2, -0.15) is 0 Å². The number of imidazole rings is 1. The minimum atomic E-state index is -0.0429. The van der Waals surface area contributed by atoms with E-state index < -0.39 is 0 Å². The molecule has 5 heteroatoms. The van der Waals surface area contributed by atoms with Crippen molar-refractivity contribution in [2.24, 2.45) is 0 Å². The fraction of sp³-hybridized carbons (Fsp3) is 0.412. The first kappa shape index (κ1) is 14.8. The Morgan fingerprint density at radius 1 is 1.32 bits per heavy atom. The summed E-state index contributed by atoms with van der Waals surface area (Å²) in [6.45, 7) is 9.54. The van der Waals surface area contributed by atoms with Crippen molar-refractivity contribution < 1.29 is 4.79 Å². The van der Waals surface area contributed by atoms with Crippen LogP contribution < -0.4 is 10.6 Å². The van der Waals surface area contributed by atoms with Crippen molar-refractivity contribution in [3.63, 3.8) is 0 Å². The van der Waals surface area contributed by atoms with Gasteiger partial charge < -0.3 is 9.88 Å². The van der Waals surface area contributed by atoms with Crippen LogP contribution in [0.1, 0.15) is 27.7 Å². The molecule has 0 radical (unpaired) electrons. The van der Waals surface area contributed by atoms with Crippen LogP contribution in [0.4, 0.5) is 5.69 Å². The number of anilines is 1. The van der Waals surface area contributed by atoms with Crippen molar-refractivity contribution in [1.29, 1.82) is 0 Å². The first-order chi connectivity index (χ1) is 10.3. The molecule has 0 spiro atoms. The molecular weight excluding hydrogens is 276 g/mol. The summed E-state index contributed by atoms with van der Waals surface area (Å²) >= 11 is 0. The molecule has 5 nitrogen and oxygen atoms in total. The summed E-state index contributed by atoms with van der Waals surface area (Å²) in [4.78, 5) is 15.2. The minimum Gasteiger partial charge on any atom is -0.327 e. The fourth-order valence-electron chi connectivity index (χ4n) is 3.36. The second-order valence-corrected chi connectivity index (χ2v) is 6.95. The highest BCUT2D eigenvalue weighted by Gasteiger charge is 2.36. The summed E-state index contributed by atoms with van der Waals surface area (Å²) in [5.74, 6) is 0. The average Bonchev–Trinajstić information content (AvgIpc) is 2.90. The maximum Gasteiger partial charge on any atom is 0.211 e. The molecule has 1 aliphatic heterocycles. The Morgan fingerprint density at radius 2 is 2.09 bits per heavy atom. The minimum absolute atomic E-state index is 0.000544. The third-order valence-corrected chi connectivity index (χ3v) is 4.18. The number of amides is 1. The van der Waals surface area contributed by atoms with Crippen molar-refractivity contribution >= 4 is 23.1 Å². The number of nitrogens with one attached hydrogen (secondary N) is 2. The van der Waals surface area contributed by atoms with E-state index >= 15 is 0 Å². The maximum atomic E-state index is 10.7. The molecule has 1 aromatic heterocycles. The predicted molar refractivity (Wildman–Crippen MR) is 88.8 cm³/mol. The van der Waals surface area contributed by atoms with Gasteiger partial charge in [-0.15, -0.1) is 0 Å². The predicted octanol–water partition coefficient (Wildman–Crippen LogP) is 2.69. The highest BCUT2D eigenvalue weighted by atomic mass is 16.1. The Hall–Kier alpha value is -2.14. The lowest BCUT2D eigenvalue weighted by Crippen LogP contribution is -2.46. The standard InChI is InChI=1S/C17H22N4O/c1-16(2)8-12(17(3,4)20-16)9-21-10-18-15-13(19-11-22)6-5-7-14(15)21/h5-8,10-11,20H,9H2,1-4H3,(H,19,22). The molecule has 2 N–H and O–H groups in total. The Bertz CT molecular complexity index is 755. The number of benzene rings is 1. The molecule has 22 heavy (non-hydrogen) atoms. The average molecular weight is 298 g/mol. The number of carbonyl (C=O) groups excluding carboxylic acids is 1. The van der Waals surface area contributed by atoms with E-state index in [0.29, 0.717) is 6.41 Å². The molecule has 2 heterocycles. The molecule has 0 bridgehead atoms. The number of para-hydroxylation sites is 1. The van der Waals surface area contributed by atoms with Crippen molar-refractivity contribution in [2.45, 2.75) is 45.3 Å². The van der Waals surface area contributed by atoms with Crippen molar-refractivity contribution in [1.82, 2.24) is 14.9 Å². The molecule has 0 unspecified atom stereocenters. The molecule has 0 atom stereocenters. The van der Waals surface area contributed by atoms with Crippen molar-refractivity contribution in [3.8, 4) is 0 Å². The first-order valence-electron chi connectivity index (χ1n) is 7.48. The molecule has 3 rings (SSSR count). The van der Waals surface area contributed by atoms with Crippen LogP contribution in [0.2, 0.25) is 0 Å². The normalized spacial score (nSPS) is 19.2. The highest BCUT2D eigenvalue weighted by Crippen LogP contribution is 2.32. The quantitative estimate of drug-likeness (QED) is 0.674. The van der Waals surface area contributed by atoms with Crippen molar-refractivity contribution in [2.75, 3.05) is 5.32 Å². The molecule has 0 saturated carbocycles. The molecule has 0 saturated heterocycles. The lowest BCUT2D eigenvalue weighted by Gasteiger charge is -2.28. The largest absolute Gasteiger partial charge is 0.327 e. The van der Waals surface area contributed by atoms with Crippen LogP contribution in [0, 0.1) is 0 Å². The molecular formula is C17H22N4O. The van der Waals surface area contributed by atoms with Gasteiger partial charge in [0.2, 0.25) is 6.41 Å². The van der Waals surface area contributed by atoms with Gasteiger partial charge in [0.25, 0.3) is 0 Å². The van der Waals surface area contributed by atoms with Gasteiger partial charge in [-0.1, -0.05) is 12.1 Å². The maximum absolute atomic E-state index is 10.7. The summed E-state index contributed by atoms with van der Waals surface area (Å²) in [6.07, 6.45) is 4.82. The van der Waals surface area contributed by atoms with Gasteiger partial charge in [-0.3, -0.25) is 10.1 Å². The third kappa shape index (κ3) is 2.52. The van der Waals surface area contributed by atoms with E-state index in [4.69, 9.17) is 0 Å². The second kappa shape index (κ2) is 4.95. The molecule has 2 aromatic rings. The van der Waals surface area contributed by atoms with E-state index in [1.807, 2.05) is 24.5 Å². The van der Waals surface area contributed by atoms with Crippen LogP contribution in [-0.2, 0) is 11.3 Å². The number of hydrogen-bond donors (Lipinski definition) is 2. The zero-order valence-electron chi connectivity index (χ0n) is 13.5. The Balaban J connectivity index is 1.99. The summed E-state index contributed by atoms with van der Waals surface area (Å²) in [5.41, 5.74) is 3.87. The third-order valence-electron chi connectivity index (χ3n) is 4.18. The number of carbonyl (C=O) groups is 1. The molecule has 1 aromatic carbocycles. The van der Waals surface area contributed by atoms with Crippen LogP contribution in [0.15, 0.2) is 36.2 Å². The van der Waals surface area contributed by atoms with Crippen LogP contribution in [0.5, 0.6) is 0 Å². The first-order valence-corrected chi connectivity index (χ1v) is 7.48. The monoisotopic (exact) mass is 298 g/mol. The summed E-state index contributed by atoms with van der Waals surface area (Å²) < 4.78 is 2.13. The van der Waals surface area contributed by atoms with Crippen LogP contribution >= 0.6 is 0 Å². The van der Waals surface area contributed by atoms with E-state index in [-0.39, 0.29) is 11.1 Å². The van der Waals surface area contributed by atoms with E-state index in [1.165, 1.54) is 5.57 Å². The zero-order chi connectivity index (χ0) is 16.0. The van der Waals surface area contributed by atoms with Gasteiger partial charge >= 0.3 is 0 Å². The Kier molecular flexibility index (Phi) is 3.33. The topological polar surface area (TPSA) is 59.0 Å². The van der Waals surface area contributed by atoms with Crippen LogP contribution in [0.3, 0.4) is 0 Å². The summed E-state index contributed by atoms with van der Waals surface area (Å²) in [5, 5.41) is 6.33. The number of fused-ring (bicyclic) bond motifs is 1. The smallest absolute Gasteiger partial charge is 0.211 e. The molecule has 0 aliphatic carbocycles. The van der Waals surface area contributed by atoms with Gasteiger partial charge in [0, 0.05) is 17.6 Å². The number of rotatable bonds is 4. The van der Waals surface area contributed by atoms with Gasteiger partial charge in [-0.05, 0) is 45.4 Å². The van der Waals surface area contributed by atoms with Crippen molar-refractivity contribution in [3.05, 3.63) is 36.2 Å². The molecule has 0 fully saturated rings. The summed E-state index contributed by atoms with van der Waals surface area (Å²) in [6, 6.07) is 5.82. The number of hydrogen-bond acceptors (Lipinski definition) is 3. The Morgan fingerprint density at radius 3 is 2.73 bits per heavy atom. The number of aromatic nitrogens is 2. The highest BCUT2D eigenvalue weighted by molar-refractivity contribution is 5.93. The van der Waals surface area contributed by atoms with Gasteiger partial charge in [0.05, 0.1) is 17.5 Å².